The fraction of sp³-hybridized carbons (Fsp3) is 1.00. The minimum Gasteiger partial charge on any atom is -0.394 e. The van der Waals surface area contributed by atoms with Crippen molar-refractivity contribution in [2.24, 2.45) is 0 Å². The summed E-state index contributed by atoms with van der Waals surface area (Å²) in [6, 6.07) is 0. The fourth-order valence-electron chi connectivity index (χ4n) is 10.4. The Labute approximate surface area is 434 Å². The van der Waals surface area contributed by atoms with E-state index >= 15 is 0 Å². The molecule has 35 nitrogen and oxygen atoms in total. The van der Waals surface area contributed by atoms with Gasteiger partial charge < -0.3 is 174 Å². The van der Waals surface area contributed by atoms with Crippen molar-refractivity contribution in [3.05, 3.63) is 0 Å². The predicted molar refractivity (Wildman–Crippen MR) is 228 cm³/mol. The van der Waals surface area contributed by atoms with E-state index in [9.17, 15) is 107 Å². The van der Waals surface area contributed by atoms with Gasteiger partial charge in [-0.15, -0.1) is 0 Å². The van der Waals surface area contributed by atoms with Gasteiger partial charge in [-0.3, -0.25) is 0 Å². The molecule has 21 rings (SSSR count). The zero-order chi connectivity index (χ0) is 56.1. The van der Waals surface area contributed by atoms with Crippen LogP contribution in [0.5, 0.6) is 0 Å². The Kier molecular flexibility index (Phi) is 20.8. The second-order valence-corrected chi connectivity index (χ2v) is 19.7. The summed E-state index contributed by atoms with van der Waals surface area (Å²) in [6.45, 7) is -7.33. The van der Waals surface area contributed by atoms with Crippen LogP contribution in [0.3, 0.4) is 0 Å². The Balaban J connectivity index is 1.08. The van der Waals surface area contributed by atoms with Crippen LogP contribution in [-0.4, -0.2) is 368 Å². The quantitative estimate of drug-likeness (QED) is 0.113. The molecule has 448 valence electrons. The number of aliphatic hydroxyl groups is 21. The second-order valence-electron chi connectivity index (χ2n) is 19.7. The van der Waals surface area contributed by atoms with Crippen LogP contribution >= 0.6 is 0 Å². The van der Waals surface area contributed by atoms with Crippen molar-refractivity contribution >= 4 is 0 Å². The van der Waals surface area contributed by atoms with Gasteiger partial charge in [-0.1, -0.05) is 0 Å². The van der Waals surface area contributed by atoms with Gasteiger partial charge in [0.15, 0.2) is 44.0 Å². The highest BCUT2D eigenvalue weighted by Gasteiger charge is 2.59. The first-order valence-electron chi connectivity index (χ1n) is 24.6. The SMILES string of the molecule is OC[C@H]1OC2OC3[C@@H](CO)OC(OC4[C@@H](CO)OC(OC5[C@@H](CO)OC(OC6[C@@H](CO)OC(OC7[C@@H](CO)OC(OC8[C@@H](CO)OC(OC1[C@H](O)C2O)[C@H](O)[C@H]8O)[C@H](O)[C@H]7O)[C@H](O)[C@H]6O)[C@H](O)[C@H]5O)[C@H](O)[C@H]4O)[C@H](O)[C@H]3O. The van der Waals surface area contributed by atoms with E-state index in [2.05, 4.69) is 0 Å². The molecular weight excluding hydrogens is 1060 g/mol. The number of ether oxygens (including phenoxy) is 14. The summed E-state index contributed by atoms with van der Waals surface area (Å²) in [5, 5.41) is 230. The van der Waals surface area contributed by atoms with Gasteiger partial charge in [-0.25, -0.2) is 0 Å². The van der Waals surface area contributed by atoms with Gasteiger partial charge in [-0.2, -0.15) is 0 Å². The van der Waals surface area contributed by atoms with Crippen molar-refractivity contribution < 1.29 is 174 Å². The van der Waals surface area contributed by atoms with Crippen LogP contribution in [0.4, 0.5) is 0 Å². The van der Waals surface area contributed by atoms with Crippen LogP contribution in [-0.2, 0) is 66.3 Å². The molecule has 0 spiro atoms. The van der Waals surface area contributed by atoms with Gasteiger partial charge in [-0.05, 0) is 0 Å². The molecule has 0 aromatic rings. The summed E-state index contributed by atoms with van der Waals surface area (Å²) in [7, 11) is 0. The van der Waals surface area contributed by atoms with E-state index in [0.717, 1.165) is 0 Å². The molecule has 15 unspecified atom stereocenters. The van der Waals surface area contributed by atoms with Gasteiger partial charge in [0.1, 0.15) is 171 Å². The number of rotatable bonds is 7. The van der Waals surface area contributed by atoms with E-state index in [0.29, 0.717) is 0 Å². The Morgan fingerprint density at radius 2 is 0.260 bits per heavy atom. The molecule has 21 N–H and O–H groups in total. The molecule has 0 radical (unpaired) electrons. The van der Waals surface area contributed by atoms with Gasteiger partial charge >= 0.3 is 0 Å². The van der Waals surface area contributed by atoms with Crippen molar-refractivity contribution in [1.29, 1.82) is 0 Å². The smallest absolute Gasteiger partial charge is 0.187 e. The van der Waals surface area contributed by atoms with E-state index in [-0.39, 0.29) is 0 Å². The Morgan fingerprint density at radius 3 is 0.351 bits per heavy atom. The Hall–Kier alpha value is -1.40. The van der Waals surface area contributed by atoms with E-state index in [1.54, 1.807) is 0 Å². The largest absolute Gasteiger partial charge is 0.394 e. The maximum atomic E-state index is 11.3. The standard InChI is InChI=1S/C42H70O35/c43-1-8-29-15(50)22(57)36(64-8)72-30-9(2-44)66-38(24(59)17(30)52)74-32-11(4-46)68-40(26(61)19(32)54)76-34-13(6-48)70-42(28(63)21(34)56)77-35-14(7-49)69-41(27(62)20(35)55)75-33-12(5-47)67-39(25(60)18(33)53)73-31-10(3-45)65-37(71-29)23(58)16(31)51/h8-63H,1-7H2/t8-,9-,10-,11-,12-,13-,14-,15-,16-,17-,18-,19-,20-,21-,22-,23-,24-,25-,26-,27-,28?,29?,30?,31?,32?,33?,34?,35?,36?,37?,38?,39?,40?,41?,42?/m1/s1. The van der Waals surface area contributed by atoms with Crippen LogP contribution in [0.1, 0.15) is 0 Å². The number of aliphatic hydroxyl groups excluding tert-OH is 21. The van der Waals surface area contributed by atoms with Crippen molar-refractivity contribution in [3.8, 4) is 0 Å². The summed E-state index contributed by atoms with van der Waals surface area (Å²) in [6.07, 6.45) is -70.2. The minimum atomic E-state index is -2.21. The molecule has 21 heterocycles. The van der Waals surface area contributed by atoms with E-state index < -0.39 is 261 Å². The van der Waals surface area contributed by atoms with Crippen LogP contribution in [0.15, 0.2) is 0 Å². The third-order valence-electron chi connectivity index (χ3n) is 14.8. The van der Waals surface area contributed by atoms with Gasteiger partial charge in [0.25, 0.3) is 0 Å². The molecule has 35 heteroatoms. The molecule has 0 aliphatic carbocycles. The molecule has 21 fully saturated rings. The predicted octanol–water partition coefficient (Wildman–Crippen LogP) is -15.2. The summed E-state index contributed by atoms with van der Waals surface area (Å²) >= 11 is 0. The van der Waals surface area contributed by atoms with E-state index in [1.807, 2.05) is 0 Å². The number of hydrogen-bond donors (Lipinski definition) is 21. The average Bonchev–Trinajstić information content (AvgIpc) is 3.47. The molecule has 0 saturated carbocycles. The molecular formula is C42H70O35. The Morgan fingerprint density at radius 1 is 0.156 bits per heavy atom. The summed E-state index contributed by atoms with van der Waals surface area (Å²) in [5.41, 5.74) is 0. The zero-order valence-electron chi connectivity index (χ0n) is 40.3. The Bertz CT molecular complexity index is 1470. The van der Waals surface area contributed by atoms with Crippen LogP contribution in [0.2, 0.25) is 0 Å². The molecule has 21 aliphatic rings. The highest BCUT2D eigenvalue weighted by Crippen LogP contribution is 2.39. The monoisotopic (exact) mass is 1130 g/mol. The molecule has 14 bridgehead atoms. The average molecular weight is 1130 g/mol. The first kappa shape index (κ1) is 61.7. The van der Waals surface area contributed by atoms with E-state index in [4.69, 9.17) is 66.3 Å². The molecule has 21 aliphatic heterocycles. The maximum absolute atomic E-state index is 11.3. The first-order valence-corrected chi connectivity index (χ1v) is 24.6. The second kappa shape index (κ2) is 26.0. The van der Waals surface area contributed by atoms with Crippen molar-refractivity contribution in [3.63, 3.8) is 0 Å². The lowest BCUT2D eigenvalue weighted by Crippen LogP contribution is -2.68. The highest BCUT2D eigenvalue weighted by atomic mass is 16.8. The number of hydrogen-bond acceptors (Lipinski definition) is 35. The molecule has 77 heavy (non-hydrogen) atoms. The lowest BCUT2D eigenvalue weighted by molar-refractivity contribution is -0.396. The lowest BCUT2D eigenvalue weighted by atomic mass is 9.95. The topological polar surface area (TPSA) is 554 Å². The molecule has 21 saturated heterocycles. The van der Waals surface area contributed by atoms with Gasteiger partial charge in [0.2, 0.25) is 0 Å². The molecule has 0 amide bonds. The minimum absolute atomic E-state index is 1.05. The maximum Gasteiger partial charge on any atom is 0.187 e. The zero-order valence-corrected chi connectivity index (χ0v) is 40.3. The summed E-state index contributed by atoms with van der Waals surface area (Å²) in [5.74, 6) is 0. The van der Waals surface area contributed by atoms with Gasteiger partial charge in [0.05, 0.1) is 46.2 Å². The van der Waals surface area contributed by atoms with Gasteiger partial charge in [0, 0.05) is 0 Å². The molecule has 0 aromatic heterocycles. The van der Waals surface area contributed by atoms with Crippen LogP contribution < -0.4 is 0 Å². The normalized spacial score (nSPS) is 55.4. The third kappa shape index (κ3) is 12.1. The summed E-state index contributed by atoms with van der Waals surface area (Å²) < 4.78 is 79.5. The lowest BCUT2D eigenvalue weighted by Gasteiger charge is -2.50. The first-order chi connectivity index (χ1) is 36.7. The fourth-order valence-corrected chi connectivity index (χ4v) is 10.4. The van der Waals surface area contributed by atoms with Crippen LogP contribution in [0, 0.1) is 0 Å². The molecule has 0 aromatic carbocycles. The van der Waals surface area contributed by atoms with Crippen molar-refractivity contribution in [2.45, 2.75) is 215 Å². The van der Waals surface area contributed by atoms with Crippen molar-refractivity contribution in [2.75, 3.05) is 46.2 Å². The van der Waals surface area contributed by atoms with Crippen LogP contribution in [0.25, 0.3) is 0 Å². The van der Waals surface area contributed by atoms with E-state index in [1.165, 1.54) is 0 Å². The summed E-state index contributed by atoms with van der Waals surface area (Å²) in [4.78, 5) is 0. The van der Waals surface area contributed by atoms with Crippen molar-refractivity contribution in [1.82, 2.24) is 0 Å². The third-order valence-corrected chi connectivity index (χ3v) is 14.8. The molecule has 35 atom stereocenters. The highest BCUT2D eigenvalue weighted by molar-refractivity contribution is 5.01.